The summed E-state index contributed by atoms with van der Waals surface area (Å²) >= 11 is 0. The Morgan fingerprint density at radius 1 is 1.59 bits per heavy atom. The Balaban J connectivity index is 2.66. The number of rotatable bonds is 6. The fourth-order valence-corrected chi connectivity index (χ4v) is 1.34. The molecule has 1 aromatic rings. The number of nitrogens with zero attached hydrogens (tertiary/aromatic N) is 1. The Bertz CT molecular complexity index is 398. The summed E-state index contributed by atoms with van der Waals surface area (Å²) in [5, 5.41) is 13.5. The number of halogens is 1. The fraction of sp³-hybridized carbons (Fsp3) is 0.455. The second-order valence-corrected chi connectivity index (χ2v) is 3.68. The van der Waals surface area contributed by atoms with Crippen molar-refractivity contribution >= 4 is 5.69 Å². The summed E-state index contributed by atoms with van der Waals surface area (Å²) in [6.45, 7) is 2.66. The Kier molecular flexibility index (Phi) is 4.99. The van der Waals surface area contributed by atoms with Gasteiger partial charge in [0.25, 0.3) is 0 Å². The Hall–Kier alpha value is -1.53. The zero-order chi connectivity index (χ0) is 12.8. The lowest BCUT2D eigenvalue weighted by Crippen LogP contribution is -2.25. The smallest absolute Gasteiger partial charge is 0.305 e. The van der Waals surface area contributed by atoms with E-state index in [0.29, 0.717) is 6.54 Å². The average Bonchev–Trinajstić information content (AvgIpc) is 2.30. The van der Waals surface area contributed by atoms with Gasteiger partial charge in [-0.25, -0.2) is 0 Å². The molecule has 0 radical (unpaired) electrons. The Labute approximate surface area is 98.7 Å². The molecular formula is C11H15FN2O3. The predicted molar refractivity (Wildman–Crippen MR) is 61.2 cm³/mol. The normalized spacial score (nSPS) is 12.4. The van der Waals surface area contributed by atoms with Crippen LogP contribution in [-0.2, 0) is 11.3 Å². The molecule has 5 nitrogen and oxygen atoms in total. The van der Waals surface area contributed by atoms with Crippen LogP contribution in [0.15, 0.2) is 18.2 Å². The summed E-state index contributed by atoms with van der Waals surface area (Å²) in [5.41, 5.74) is -0.216. The lowest BCUT2D eigenvalue weighted by Gasteiger charge is -2.10. The number of nitro benzene ring substituents is 1. The van der Waals surface area contributed by atoms with Crippen molar-refractivity contribution in [2.24, 2.45) is 0 Å². The molecule has 1 N–H and O–H groups in total. The molecule has 0 saturated carbocycles. The van der Waals surface area contributed by atoms with Gasteiger partial charge in [-0.2, -0.15) is 4.39 Å². The lowest BCUT2D eigenvalue weighted by molar-refractivity contribution is -0.387. The molecule has 0 amide bonds. The maximum Gasteiger partial charge on any atom is 0.305 e. The number of methoxy groups -OCH3 is 1. The van der Waals surface area contributed by atoms with Gasteiger partial charge >= 0.3 is 5.69 Å². The minimum Gasteiger partial charge on any atom is -0.380 e. The van der Waals surface area contributed by atoms with Crippen LogP contribution in [-0.4, -0.2) is 24.7 Å². The van der Waals surface area contributed by atoms with Crippen LogP contribution in [0.25, 0.3) is 0 Å². The molecular weight excluding hydrogens is 227 g/mol. The van der Waals surface area contributed by atoms with Crippen molar-refractivity contribution in [1.82, 2.24) is 5.32 Å². The van der Waals surface area contributed by atoms with Crippen LogP contribution in [0.4, 0.5) is 10.1 Å². The maximum atomic E-state index is 13.6. The van der Waals surface area contributed by atoms with Crippen LogP contribution in [0.5, 0.6) is 0 Å². The van der Waals surface area contributed by atoms with E-state index in [1.165, 1.54) is 12.1 Å². The number of nitro groups is 1. The summed E-state index contributed by atoms with van der Waals surface area (Å²) in [5.74, 6) is -0.782. The number of hydrogen-bond acceptors (Lipinski definition) is 4. The van der Waals surface area contributed by atoms with Gasteiger partial charge in [0.05, 0.1) is 11.0 Å². The zero-order valence-corrected chi connectivity index (χ0v) is 9.77. The SMILES string of the molecule is COC(C)CNCc1cccc([N+](=O)[O-])c1F. The third-order valence-corrected chi connectivity index (χ3v) is 2.40. The number of benzene rings is 1. The van der Waals surface area contributed by atoms with E-state index in [1.54, 1.807) is 7.11 Å². The van der Waals surface area contributed by atoms with Gasteiger partial charge in [0.15, 0.2) is 0 Å². The first-order valence-electron chi connectivity index (χ1n) is 5.21. The van der Waals surface area contributed by atoms with Crippen LogP contribution in [0, 0.1) is 15.9 Å². The fourth-order valence-electron chi connectivity index (χ4n) is 1.34. The number of ether oxygens (including phenoxy) is 1. The molecule has 0 heterocycles. The van der Waals surface area contributed by atoms with Crippen molar-refractivity contribution in [2.75, 3.05) is 13.7 Å². The second-order valence-electron chi connectivity index (χ2n) is 3.68. The molecule has 1 atom stereocenters. The molecule has 0 fully saturated rings. The van der Waals surface area contributed by atoms with Gasteiger partial charge < -0.3 is 10.1 Å². The minimum absolute atomic E-state index is 0.0109. The molecule has 1 aromatic carbocycles. The summed E-state index contributed by atoms with van der Waals surface area (Å²) in [4.78, 5) is 9.80. The van der Waals surface area contributed by atoms with Crippen molar-refractivity contribution in [1.29, 1.82) is 0 Å². The Morgan fingerprint density at radius 2 is 2.29 bits per heavy atom. The van der Waals surface area contributed by atoms with Crippen LogP contribution in [0.2, 0.25) is 0 Å². The van der Waals surface area contributed by atoms with Gasteiger partial charge in [0.2, 0.25) is 5.82 Å². The Morgan fingerprint density at radius 3 is 2.88 bits per heavy atom. The molecule has 1 unspecified atom stereocenters. The first-order chi connectivity index (χ1) is 8.06. The van der Waals surface area contributed by atoms with E-state index in [-0.39, 0.29) is 18.2 Å². The average molecular weight is 242 g/mol. The van der Waals surface area contributed by atoms with E-state index in [2.05, 4.69) is 5.32 Å². The highest BCUT2D eigenvalue weighted by atomic mass is 19.1. The summed E-state index contributed by atoms with van der Waals surface area (Å²) in [7, 11) is 1.58. The van der Waals surface area contributed by atoms with Gasteiger partial charge in [0.1, 0.15) is 0 Å². The molecule has 0 aliphatic rings. The van der Waals surface area contributed by atoms with Gasteiger partial charge in [-0.05, 0) is 6.92 Å². The van der Waals surface area contributed by atoms with E-state index in [0.717, 1.165) is 6.07 Å². The van der Waals surface area contributed by atoms with Crippen LogP contribution < -0.4 is 5.32 Å². The van der Waals surface area contributed by atoms with E-state index < -0.39 is 16.4 Å². The molecule has 0 aromatic heterocycles. The molecule has 0 aliphatic carbocycles. The number of nitrogens with one attached hydrogen (secondary N) is 1. The third-order valence-electron chi connectivity index (χ3n) is 2.40. The molecule has 0 bridgehead atoms. The predicted octanol–water partition coefficient (Wildman–Crippen LogP) is 1.86. The zero-order valence-electron chi connectivity index (χ0n) is 9.77. The largest absolute Gasteiger partial charge is 0.380 e. The quantitative estimate of drug-likeness (QED) is 0.611. The van der Waals surface area contributed by atoms with Gasteiger partial charge in [-0.15, -0.1) is 0 Å². The van der Waals surface area contributed by atoms with E-state index in [1.807, 2.05) is 6.92 Å². The highest BCUT2D eigenvalue weighted by molar-refractivity contribution is 5.36. The molecule has 1 rings (SSSR count). The first kappa shape index (κ1) is 13.5. The van der Waals surface area contributed by atoms with E-state index in [4.69, 9.17) is 4.74 Å². The van der Waals surface area contributed by atoms with Gasteiger partial charge in [-0.1, -0.05) is 12.1 Å². The van der Waals surface area contributed by atoms with Gasteiger partial charge in [0, 0.05) is 31.8 Å². The van der Waals surface area contributed by atoms with Crippen LogP contribution in [0.1, 0.15) is 12.5 Å². The molecule has 0 aliphatic heterocycles. The van der Waals surface area contributed by atoms with Crippen LogP contribution in [0.3, 0.4) is 0 Å². The highest BCUT2D eigenvalue weighted by Gasteiger charge is 2.16. The highest BCUT2D eigenvalue weighted by Crippen LogP contribution is 2.19. The summed E-state index contributed by atoms with van der Waals surface area (Å²) < 4.78 is 18.6. The molecule has 6 heteroatoms. The van der Waals surface area contributed by atoms with E-state index >= 15 is 0 Å². The summed E-state index contributed by atoms with van der Waals surface area (Å²) in [6.07, 6.45) is 0.0109. The van der Waals surface area contributed by atoms with Crippen LogP contribution >= 0.6 is 0 Å². The van der Waals surface area contributed by atoms with Crippen molar-refractivity contribution in [3.63, 3.8) is 0 Å². The molecule has 94 valence electrons. The molecule has 0 spiro atoms. The first-order valence-corrected chi connectivity index (χ1v) is 5.21. The van der Waals surface area contributed by atoms with Crippen molar-refractivity contribution in [2.45, 2.75) is 19.6 Å². The third kappa shape index (κ3) is 3.76. The van der Waals surface area contributed by atoms with E-state index in [9.17, 15) is 14.5 Å². The van der Waals surface area contributed by atoms with Crippen molar-refractivity contribution < 1.29 is 14.1 Å². The molecule has 17 heavy (non-hydrogen) atoms. The van der Waals surface area contributed by atoms with Crippen molar-refractivity contribution in [3.05, 3.63) is 39.7 Å². The van der Waals surface area contributed by atoms with Gasteiger partial charge in [-0.3, -0.25) is 10.1 Å². The topological polar surface area (TPSA) is 64.4 Å². The standard InChI is InChI=1S/C11H15FN2O3/c1-8(17-2)6-13-7-9-4-3-5-10(11(9)12)14(15)16/h3-5,8,13H,6-7H2,1-2H3. The van der Waals surface area contributed by atoms with Crippen molar-refractivity contribution in [3.8, 4) is 0 Å². The maximum absolute atomic E-state index is 13.6. The monoisotopic (exact) mass is 242 g/mol. The molecule has 0 saturated heterocycles. The lowest BCUT2D eigenvalue weighted by atomic mass is 10.2. The minimum atomic E-state index is -0.782. The second kappa shape index (κ2) is 6.27. The number of hydrogen-bond donors (Lipinski definition) is 1. The summed E-state index contributed by atoms with van der Waals surface area (Å²) in [6, 6.07) is 4.14.